The van der Waals surface area contributed by atoms with Crippen LogP contribution in [-0.4, -0.2) is 12.4 Å². The smallest absolute Gasteiger partial charge is 0.387 e. The zero-order valence-electron chi connectivity index (χ0n) is 8.17. The number of aryl methyl sites for hydroxylation is 1. The van der Waals surface area contributed by atoms with E-state index in [4.69, 9.17) is 0 Å². The van der Waals surface area contributed by atoms with Gasteiger partial charge in [0.25, 0.3) is 0 Å². The van der Waals surface area contributed by atoms with Gasteiger partial charge in [0.05, 0.1) is 5.56 Å². The van der Waals surface area contributed by atoms with Crippen molar-refractivity contribution in [2.45, 2.75) is 13.5 Å². The number of benzene rings is 1. The molecule has 0 unspecified atom stereocenters. The summed E-state index contributed by atoms with van der Waals surface area (Å²) in [5, 5.41) is 0. The predicted molar refractivity (Wildman–Crippen MR) is 52.3 cm³/mol. The van der Waals surface area contributed by atoms with Gasteiger partial charge in [-0.3, -0.25) is 4.79 Å². The number of ketones is 1. The van der Waals surface area contributed by atoms with E-state index < -0.39 is 12.4 Å². The molecule has 1 aromatic rings. The van der Waals surface area contributed by atoms with E-state index in [2.05, 4.69) is 11.3 Å². The number of para-hydroxylation sites is 1. The molecule has 0 spiro atoms. The van der Waals surface area contributed by atoms with Crippen LogP contribution in [0.5, 0.6) is 5.75 Å². The monoisotopic (exact) mass is 212 g/mol. The first-order chi connectivity index (χ1) is 7.06. The number of hydrogen-bond donors (Lipinski definition) is 0. The maximum absolute atomic E-state index is 12.1. The van der Waals surface area contributed by atoms with Crippen molar-refractivity contribution in [1.29, 1.82) is 0 Å². The summed E-state index contributed by atoms with van der Waals surface area (Å²) in [6.45, 7) is 1.95. The highest BCUT2D eigenvalue weighted by Crippen LogP contribution is 2.25. The number of carbonyl (C=O) groups excluding carboxylic acids is 1. The summed E-state index contributed by atoms with van der Waals surface area (Å²) in [5.74, 6) is -0.522. The molecule has 15 heavy (non-hydrogen) atoms. The van der Waals surface area contributed by atoms with Gasteiger partial charge in [-0.1, -0.05) is 18.7 Å². The summed E-state index contributed by atoms with van der Waals surface area (Å²) in [4.78, 5) is 11.3. The molecule has 80 valence electrons. The van der Waals surface area contributed by atoms with E-state index in [-0.39, 0.29) is 11.3 Å². The Kier molecular flexibility index (Phi) is 3.55. The molecule has 0 aliphatic rings. The quantitative estimate of drug-likeness (QED) is 0.566. The van der Waals surface area contributed by atoms with Gasteiger partial charge in [-0.05, 0) is 24.6 Å². The van der Waals surface area contributed by atoms with Gasteiger partial charge >= 0.3 is 6.61 Å². The van der Waals surface area contributed by atoms with E-state index in [0.717, 1.165) is 6.08 Å². The SMILES string of the molecule is C=CC(=O)c1cccc(C)c1OC(F)F. The van der Waals surface area contributed by atoms with Gasteiger partial charge in [0.15, 0.2) is 5.78 Å². The van der Waals surface area contributed by atoms with E-state index in [0.29, 0.717) is 5.56 Å². The normalized spacial score (nSPS) is 10.1. The molecule has 1 rings (SSSR count). The van der Waals surface area contributed by atoms with Crippen molar-refractivity contribution in [3.8, 4) is 5.75 Å². The Bertz CT molecular complexity index is 386. The van der Waals surface area contributed by atoms with Crippen molar-refractivity contribution in [2.24, 2.45) is 0 Å². The van der Waals surface area contributed by atoms with Crippen LogP contribution in [0.1, 0.15) is 15.9 Å². The molecule has 2 nitrogen and oxygen atoms in total. The summed E-state index contributed by atoms with van der Waals surface area (Å²) in [5.41, 5.74) is 0.591. The molecule has 0 saturated carbocycles. The molecule has 0 radical (unpaired) electrons. The number of halogens is 2. The van der Waals surface area contributed by atoms with Gasteiger partial charge < -0.3 is 4.74 Å². The second kappa shape index (κ2) is 4.68. The van der Waals surface area contributed by atoms with Crippen molar-refractivity contribution in [1.82, 2.24) is 0 Å². The standard InChI is InChI=1S/C11H10F2O2/c1-3-9(14)8-6-4-5-7(2)10(8)15-11(12)13/h3-6,11H,1H2,2H3. The van der Waals surface area contributed by atoms with Crippen molar-refractivity contribution in [3.63, 3.8) is 0 Å². The fraction of sp³-hybridized carbons (Fsp3) is 0.182. The van der Waals surface area contributed by atoms with E-state index in [1.807, 2.05) is 0 Å². The zero-order chi connectivity index (χ0) is 11.4. The molecule has 0 amide bonds. The molecular formula is C11H10F2O2. The van der Waals surface area contributed by atoms with Crippen LogP contribution in [0.15, 0.2) is 30.9 Å². The second-order valence-electron chi connectivity index (χ2n) is 2.90. The van der Waals surface area contributed by atoms with Crippen LogP contribution in [0, 0.1) is 6.92 Å². The Morgan fingerprint density at radius 1 is 1.53 bits per heavy atom. The van der Waals surface area contributed by atoms with E-state index in [9.17, 15) is 13.6 Å². The Labute approximate surface area is 86.2 Å². The van der Waals surface area contributed by atoms with Gasteiger partial charge in [-0.25, -0.2) is 0 Å². The summed E-state index contributed by atoms with van der Waals surface area (Å²) >= 11 is 0. The van der Waals surface area contributed by atoms with Crippen LogP contribution >= 0.6 is 0 Å². The Balaban J connectivity index is 3.19. The molecule has 1 aromatic carbocycles. The number of allylic oxidation sites excluding steroid dienone is 1. The third-order valence-corrected chi connectivity index (χ3v) is 1.87. The minimum Gasteiger partial charge on any atom is -0.434 e. The average Bonchev–Trinajstić information content (AvgIpc) is 2.19. The maximum Gasteiger partial charge on any atom is 0.387 e. The second-order valence-corrected chi connectivity index (χ2v) is 2.90. The average molecular weight is 212 g/mol. The highest BCUT2D eigenvalue weighted by atomic mass is 19.3. The van der Waals surface area contributed by atoms with Crippen LogP contribution in [0.25, 0.3) is 0 Å². The van der Waals surface area contributed by atoms with Gasteiger partial charge in [-0.2, -0.15) is 8.78 Å². The lowest BCUT2D eigenvalue weighted by Crippen LogP contribution is -2.08. The molecule has 0 aliphatic heterocycles. The van der Waals surface area contributed by atoms with Crippen LogP contribution < -0.4 is 4.74 Å². The summed E-state index contributed by atoms with van der Waals surface area (Å²) in [6.07, 6.45) is 1.06. The molecular weight excluding hydrogens is 202 g/mol. The molecule has 0 aliphatic carbocycles. The Hall–Kier alpha value is -1.71. The van der Waals surface area contributed by atoms with Crippen LogP contribution in [0.3, 0.4) is 0 Å². The van der Waals surface area contributed by atoms with Crippen LogP contribution in [0.4, 0.5) is 8.78 Å². The van der Waals surface area contributed by atoms with Gasteiger partial charge in [0, 0.05) is 0 Å². The molecule has 0 saturated heterocycles. The number of ether oxygens (including phenoxy) is 1. The maximum atomic E-state index is 12.1. The minimum absolute atomic E-state index is 0.0857. The predicted octanol–water partition coefficient (Wildman–Crippen LogP) is 2.97. The van der Waals surface area contributed by atoms with Gasteiger partial charge in [-0.15, -0.1) is 0 Å². The fourth-order valence-electron chi connectivity index (χ4n) is 1.20. The Morgan fingerprint density at radius 2 is 2.20 bits per heavy atom. The van der Waals surface area contributed by atoms with E-state index >= 15 is 0 Å². The third kappa shape index (κ3) is 2.62. The first-order valence-electron chi connectivity index (χ1n) is 4.27. The summed E-state index contributed by atoms with van der Waals surface area (Å²) in [7, 11) is 0. The lowest BCUT2D eigenvalue weighted by Gasteiger charge is -2.11. The lowest BCUT2D eigenvalue weighted by molar-refractivity contribution is -0.0505. The molecule has 0 heterocycles. The zero-order valence-corrected chi connectivity index (χ0v) is 8.17. The van der Waals surface area contributed by atoms with Crippen LogP contribution in [-0.2, 0) is 0 Å². The van der Waals surface area contributed by atoms with Crippen molar-refractivity contribution >= 4 is 5.78 Å². The molecule has 0 bridgehead atoms. The third-order valence-electron chi connectivity index (χ3n) is 1.87. The van der Waals surface area contributed by atoms with Gasteiger partial charge in [0.2, 0.25) is 0 Å². The number of alkyl halides is 2. The molecule has 0 N–H and O–H groups in total. The molecule has 0 fully saturated rings. The summed E-state index contributed by atoms with van der Waals surface area (Å²) in [6, 6.07) is 4.62. The molecule has 0 atom stereocenters. The van der Waals surface area contributed by atoms with Crippen LogP contribution in [0.2, 0.25) is 0 Å². The highest BCUT2D eigenvalue weighted by Gasteiger charge is 2.15. The number of hydrogen-bond acceptors (Lipinski definition) is 2. The first-order valence-corrected chi connectivity index (χ1v) is 4.27. The highest BCUT2D eigenvalue weighted by molar-refractivity contribution is 6.06. The van der Waals surface area contributed by atoms with Gasteiger partial charge in [0.1, 0.15) is 5.75 Å². The Morgan fingerprint density at radius 3 is 2.73 bits per heavy atom. The minimum atomic E-state index is -2.94. The lowest BCUT2D eigenvalue weighted by atomic mass is 10.1. The number of rotatable bonds is 4. The molecule has 4 heteroatoms. The first kappa shape index (κ1) is 11.4. The summed E-state index contributed by atoms with van der Waals surface area (Å²) < 4.78 is 28.5. The van der Waals surface area contributed by atoms with E-state index in [1.54, 1.807) is 19.1 Å². The largest absolute Gasteiger partial charge is 0.434 e. The fourth-order valence-corrected chi connectivity index (χ4v) is 1.20. The van der Waals surface area contributed by atoms with Crippen molar-refractivity contribution in [2.75, 3.05) is 0 Å². The number of carbonyl (C=O) groups is 1. The van der Waals surface area contributed by atoms with Crippen molar-refractivity contribution < 1.29 is 18.3 Å². The van der Waals surface area contributed by atoms with E-state index in [1.165, 1.54) is 6.07 Å². The topological polar surface area (TPSA) is 26.3 Å². The van der Waals surface area contributed by atoms with Crippen molar-refractivity contribution in [3.05, 3.63) is 42.0 Å². The molecule has 0 aromatic heterocycles.